The van der Waals surface area contributed by atoms with Crippen LogP contribution in [-0.2, 0) is 0 Å². The molecule has 0 saturated carbocycles. The van der Waals surface area contributed by atoms with Crippen molar-refractivity contribution in [2.24, 2.45) is 0 Å². The maximum atomic E-state index is 11.9. The number of rotatable bonds is 1. The average molecular weight is 292 g/mol. The molecule has 0 N–H and O–H groups in total. The van der Waals surface area contributed by atoms with Crippen LogP contribution in [0.3, 0.4) is 0 Å². The first-order chi connectivity index (χ1) is 9.13. The molecule has 0 radical (unpaired) electrons. The molecule has 0 atom stereocenters. The minimum absolute atomic E-state index is 0.224. The molecule has 3 rings (SSSR count). The molecule has 0 spiro atoms. The molecule has 0 amide bonds. The highest BCUT2D eigenvalue weighted by Gasteiger charge is 2.09. The molecule has 5 heteroatoms. The average Bonchev–Trinajstić information content (AvgIpc) is 2.38. The summed E-state index contributed by atoms with van der Waals surface area (Å²) < 4.78 is 5.20. The lowest BCUT2D eigenvalue weighted by molar-refractivity contribution is 0.518. The Morgan fingerprint density at radius 2 is 1.79 bits per heavy atom. The lowest BCUT2D eigenvalue weighted by Crippen LogP contribution is -2.02. The van der Waals surface area contributed by atoms with Gasteiger partial charge in [0.25, 0.3) is 0 Å². The van der Waals surface area contributed by atoms with Gasteiger partial charge in [-0.3, -0.25) is 0 Å². The van der Waals surface area contributed by atoms with Gasteiger partial charge in [0, 0.05) is 15.6 Å². The zero-order chi connectivity index (χ0) is 13.4. The summed E-state index contributed by atoms with van der Waals surface area (Å²) >= 11 is 11.8. The normalized spacial score (nSPS) is 10.8. The number of hydrogen-bond acceptors (Lipinski definition) is 3. The molecular formula is C14H7Cl2NO2. The predicted molar refractivity (Wildman–Crippen MR) is 75.7 cm³/mol. The number of fused-ring (bicyclic) bond motifs is 1. The molecule has 0 bridgehead atoms. The van der Waals surface area contributed by atoms with Crippen LogP contribution in [0, 0.1) is 0 Å². The number of aromatic nitrogens is 1. The fourth-order valence-electron chi connectivity index (χ4n) is 1.79. The summed E-state index contributed by atoms with van der Waals surface area (Å²) in [6, 6.07) is 11.8. The van der Waals surface area contributed by atoms with Crippen molar-refractivity contribution >= 4 is 34.1 Å². The molecular weight excluding hydrogens is 285 g/mol. The second kappa shape index (κ2) is 4.68. The molecule has 0 aliphatic carbocycles. The Morgan fingerprint density at radius 1 is 1.00 bits per heavy atom. The molecule has 0 aliphatic rings. The van der Waals surface area contributed by atoms with E-state index in [-0.39, 0.29) is 5.89 Å². The summed E-state index contributed by atoms with van der Waals surface area (Å²) in [7, 11) is 0. The molecule has 0 fully saturated rings. The van der Waals surface area contributed by atoms with E-state index in [1.54, 1.807) is 42.5 Å². The highest BCUT2D eigenvalue weighted by molar-refractivity contribution is 6.31. The molecule has 3 aromatic rings. The van der Waals surface area contributed by atoms with Gasteiger partial charge in [0.2, 0.25) is 5.89 Å². The summed E-state index contributed by atoms with van der Waals surface area (Å²) in [5.74, 6) is 0.224. The summed E-state index contributed by atoms with van der Waals surface area (Å²) in [5, 5.41) is 1.46. The van der Waals surface area contributed by atoms with Gasteiger partial charge in [-0.15, -0.1) is 0 Å². The van der Waals surface area contributed by atoms with E-state index in [4.69, 9.17) is 27.6 Å². The minimum atomic E-state index is -0.448. The Kier molecular flexibility index (Phi) is 3.01. The van der Waals surface area contributed by atoms with Crippen molar-refractivity contribution in [1.82, 2.24) is 4.98 Å². The maximum Gasteiger partial charge on any atom is 0.347 e. The molecule has 0 unspecified atom stereocenters. The fraction of sp³-hybridized carbons (Fsp3) is 0. The highest BCUT2D eigenvalue weighted by Crippen LogP contribution is 2.22. The van der Waals surface area contributed by atoms with E-state index >= 15 is 0 Å². The zero-order valence-corrected chi connectivity index (χ0v) is 11.1. The van der Waals surface area contributed by atoms with Crippen molar-refractivity contribution in [3.8, 4) is 11.5 Å². The Bertz CT molecular complexity index is 827. The molecule has 0 saturated heterocycles. The van der Waals surface area contributed by atoms with Crippen molar-refractivity contribution in [2.75, 3.05) is 0 Å². The first-order valence-electron chi connectivity index (χ1n) is 5.50. The van der Waals surface area contributed by atoms with Gasteiger partial charge >= 0.3 is 5.63 Å². The fourth-order valence-corrected chi connectivity index (χ4v) is 2.15. The van der Waals surface area contributed by atoms with Crippen LogP contribution < -0.4 is 5.63 Å². The van der Waals surface area contributed by atoms with Crippen LogP contribution in [0.4, 0.5) is 0 Å². The van der Waals surface area contributed by atoms with Crippen LogP contribution in [0.1, 0.15) is 0 Å². The van der Waals surface area contributed by atoms with E-state index in [1.807, 2.05) is 0 Å². The largest absolute Gasteiger partial charge is 0.403 e. The van der Waals surface area contributed by atoms with Crippen LogP contribution in [-0.4, -0.2) is 4.98 Å². The van der Waals surface area contributed by atoms with Gasteiger partial charge in [-0.1, -0.05) is 29.3 Å². The highest BCUT2D eigenvalue weighted by atomic mass is 35.5. The third kappa shape index (κ3) is 2.35. The third-order valence-corrected chi connectivity index (χ3v) is 3.13. The number of nitrogens with zero attached hydrogens (tertiary/aromatic N) is 1. The molecule has 19 heavy (non-hydrogen) atoms. The number of benzene rings is 2. The molecule has 3 nitrogen and oxygen atoms in total. The van der Waals surface area contributed by atoms with Gasteiger partial charge < -0.3 is 4.42 Å². The Labute approximate surface area is 118 Å². The van der Waals surface area contributed by atoms with Gasteiger partial charge in [-0.2, -0.15) is 0 Å². The molecule has 94 valence electrons. The minimum Gasteiger partial charge on any atom is -0.403 e. The molecule has 1 aromatic heterocycles. The molecule has 1 heterocycles. The van der Waals surface area contributed by atoms with Crippen molar-refractivity contribution < 1.29 is 4.42 Å². The van der Waals surface area contributed by atoms with Gasteiger partial charge in [0.15, 0.2) is 0 Å². The Morgan fingerprint density at radius 3 is 2.58 bits per heavy atom. The van der Waals surface area contributed by atoms with Crippen LogP contribution in [0.5, 0.6) is 0 Å². The van der Waals surface area contributed by atoms with E-state index in [0.29, 0.717) is 26.5 Å². The second-order valence-electron chi connectivity index (χ2n) is 3.98. The second-order valence-corrected chi connectivity index (χ2v) is 4.85. The lowest BCUT2D eigenvalue weighted by Gasteiger charge is -2.02. The zero-order valence-electron chi connectivity index (χ0n) is 9.56. The monoisotopic (exact) mass is 291 g/mol. The van der Waals surface area contributed by atoms with Gasteiger partial charge in [-0.05, 0) is 36.4 Å². The molecule has 0 aliphatic heterocycles. The Hall–Kier alpha value is -1.84. The predicted octanol–water partition coefficient (Wildman–Crippen LogP) is 4.16. The van der Waals surface area contributed by atoms with Crippen LogP contribution in [0.2, 0.25) is 10.0 Å². The quantitative estimate of drug-likeness (QED) is 0.676. The number of hydrogen-bond donors (Lipinski definition) is 0. The van der Waals surface area contributed by atoms with Gasteiger partial charge in [0.05, 0.1) is 10.9 Å². The third-order valence-electron chi connectivity index (χ3n) is 2.66. The van der Waals surface area contributed by atoms with E-state index in [0.717, 1.165) is 0 Å². The van der Waals surface area contributed by atoms with Gasteiger partial charge in [-0.25, -0.2) is 9.78 Å². The van der Waals surface area contributed by atoms with Crippen molar-refractivity contribution in [2.45, 2.75) is 0 Å². The SMILES string of the molecule is O=c1oc(-c2cccc(Cl)c2)nc2cc(Cl)ccc12. The Balaban J connectivity index is 2.28. The summed E-state index contributed by atoms with van der Waals surface area (Å²) in [4.78, 5) is 16.2. The smallest absolute Gasteiger partial charge is 0.347 e. The lowest BCUT2D eigenvalue weighted by atomic mass is 10.2. The standard InChI is InChI=1S/C14H7Cl2NO2/c15-9-3-1-2-8(6-9)13-17-12-7-10(16)4-5-11(12)14(18)19-13/h1-7H. The van der Waals surface area contributed by atoms with Crippen LogP contribution in [0.25, 0.3) is 22.4 Å². The van der Waals surface area contributed by atoms with E-state index in [9.17, 15) is 4.79 Å². The van der Waals surface area contributed by atoms with Crippen LogP contribution >= 0.6 is 23.2 Å². The van der Waals surface area contributed by atoms with Crippen molar-refractivity contribution in [1.29, 1.82) is 0 Å². The van der Waals surface area contributed by atoms with E-state index in [2.05, 4.69) is 4.98 Å². The van der Waals surface area contributed by atoms with E-state index < -0.39 is 5.63 Å². The first-order valence-corrected chi connectivity index (χ1v) is 6.25. The van der Waals surface area contributed by atoms with E-state index in [1.165, 1.54) is 0 Å². The summed E-state index contributed by atoms with van der Waals surface area (Å²) in [6.45, 7) is 0. The van der Waals surface area contributed by atoms with Crippen molar-refractivity contribution in [3.05, 3.63) is 62.9 Å². The first kappa shape index (κ1) is 12.2. The van der Waals surface area contributed by atoms with Crippen molar-refractivity contribution in [3.63, 3.8) is 0 Å². The van der Waals surface area contributed by atoms with Gasteiger partial charge in [0.1, 0.15) is 0 Å². The summed E-state index contributed by atoms with van der Waals surface area (Å²) in [5.41, 5.74) is 0.696. The summed E-state index contributed by atoms with van der Waals surface area (Å²) in [6.07, 6.45) is 0. The van der Waals surface area contributed by atoms with Crippen LogP contribution in [0.15, 0.2) is 51.7 Å². The number of halogens is 2. The topological polar surface area (TPSA) is 43.1 Å². The maximum absolute atomic E-state index is 11.9. The molecule has 2 aromatic carbocycles.